The number of fused-ring (bicyclic) bond motifs is 1. The number of rotatable bonds is 3. The molecule has 0 amide bonds. The van der Waals surface area contributed by atoms with E-state index >= 15 is 0 Å². The normalized spacial score (nSPS) is 16.2. The fourth-order valence-electron chi connectivity index (χ4n) is 3.86. The molecule has 9 heteroatoms. The van der Waals surface area contributed by atoms with Crippen molar-refractivity contribution >= 4 is 39.0 Å². The van der Waals surface area contributed by atoms with E-state index < -0.39 is 5.60 Å². The SMILES string of the molecule is Cc1nc2c(N3CCC(O)(Cc4ccc(Cl)cn4)CC3)c(C#N)c(=O)n(C)c2s1. The number of nitrogens with zero attached hydrogens (tertiary/aromatic N) is 5. The molecule has 3 aromatic rings. The number of hydrogen-bond acceptors (Lipinski definition) is 7. The first-order valence-corrected chi connectivity index (χ1v) is 10.5. The molecule has 7 nitrogen and oxygen atoms in total. The molecule has 150 valence electrons. The smallest absolute Gasteiger partial charge is 0.271 e. The molecule has 0 aromatic carbocycles. The van der Waals surface area contributed by atoms with Crippen LogP contribution in [0, 0.1) is 18.3 Å². The summed E-state index contributed by atoms with van der Waals surface area (Å²) in [6, 6.07) is 5.66. The first-order valence-electron chi connectivity index (χ1n) is 9.29. The number of pyridine rings is 2. The third-order valence-electron chi connectivity index (χ3n) is 5.42. The number of hydrogen-bond donors (Lipinski definition) is 1. The van der Waals surface area contributed by atoms with E-state index in [4.69, 9.17) is 11.6 Å². The lowest BCUT2D eigenvalue weighted by Gasteiger charge is -2.39. The van der Waals surface area contributed by atoms with E-state index in [0.29, 0.717) is 48.6 Å². The van der Waals surface area contributed by atoms with Gasteiger partial charge in [0.1, 0.15) is 22.0 Å². The van der Waals surface area contributed by atoms with E-state index in [-0.39, 0.29) is 11.1 Å². The minimum atomic E-state index is -0.888. The zero-order chi connectivity index (χ0) is 20.8. The molecule has 0 atom stereocenters. The molecule has 1 fully saturated rings. The number of thiazole rings is 1. The predicted octanol–water partition coefficient (Wildman–Crippen LogP) is 2.80. The Morgan fingerprint density at radius 2 is 2.10 bits per heavy atom. The monoisotopic (exact) mass is 429 g/mol. The molecule has 0 radical (unpaired) electrons. The lowest BCUT2D eigenvalue weighted by atomic mass is 9.86. The number of aliphatic hydroxyl groups is 1. The van der Waals surface area contributed by atoms with Gasteiger partial charge in [-0.25, -0.2) is 4.98 Å². The molecule has 4 heterocycles. The summed E-state index contributed by atoms with van der Waals surface area (Å²) < 4.78 is 1.49. The summed E-state index contributed by atoms with van der Waals surface area (Å²) >= 11 is 7.33. The Hall–Kier alpha value is -2.47. The number of nitriles is 1. The number of aryl methyl sites for hydroxylation is 2. The summed E-state index contributed by atoms with van der Waals surface area (Å²) in [5, 5.41) is 22.1. The van der Waals surface area contributed by atoms with E-state index in [1.54, 1.807) is 19.3 Å². The fourth-order valence-corrected chi connectivity index (χ4v) is 4.85. The fraction of sp³-hybridized carbons (Fsp3) is 0.400. The molecule has 1 aliphatic rings. The largest absolute Gasteiger partial charge is 0.389 e. The van der Waals surface area contributed by atoms with Crippen LogP contribution in [-0.4, -0.2) is 38.3 Å². The number of aromatic nitrogens is 3. The van der Waals surface area contributed by atoms with Crippen LogP contribution < -0.4 is 10.5 Å². The average Bonchev–Trinajstić information content (AvgIpc) is 3.09. The van der Waals surface area contributed by atoms with Crippen molar-refractivity contribution in [2.75, 3.05) is 18.0 Å². The molecule has 3 aromatic heterocycles. The zero-order valence-electron chi connectivity index (χ0n) is 16.1. The van der Waals surface area contributed by atoms with Gasteiger partial charge in [-0.15, -0.1) is 11.3 Å². The minimum absolute atomic E-state index is 0.107. The van der Waals surface area contributed by atoms with Gasteiger partial charge >= 0.3 is 0 Å². The van der Waals surface area contributed by atoms with Crippen molar-refractivity contribution in [2.45, 2.75) is 31.8 Å². The van der Waals surface area contributed by atoms with Gasteiger partial charge in [0.25, 0.3) is 5.56 Å². The van der Waals surface area contributed by atoms with E-state index in [1.807, 2.05) is 17.9 Å². The molecule has 0 bridgehead atoms. The highest BCUT2D eigenvalue weighted by Gasteiger charge is 2.35. The standard InChI is InChI=1S/C20H20ClN5O2S/c1-12-24-16-17(15(10-22)18(27)25(2)19(16)29-12)26-7-5-20(28,6-8-26)9-14-4-3-13(21)11-23-14/h3-4,11,28H,5-9H2,1-2H3. The van der Waals surface area contributed by atoms with Crippen LogP contribution in [0.15, 0.2) is 23.1 Å². The molecule has 0 aliphatic carbocycles. The number of anilines is 1. The first-order chi connectivity index (χ1) is 13.8. The van der Waals surface area contributed by atoms with Crippen molar-refractivity contribution in [1.29, 1.82) is 5.26 Å². The van der Waals surface area contributed by atoms with Crippen LogP contribution in [0.5, 0.6) is 0 Å². The second kappa shape index (κ2) is 7.41. The number of piperidine rings is 1. The zero-order valence-corrected chi connectivity index (χ0v) is 17.7. The molecule has 0 saturated carbocycles. The summed E-state index contributed by atoms with van der Waals surface area (Å²) in [5.41, 5.74) is 0.952. The van der Waals surface area contributed by atoms with Crippen molar-refractivity contribution < 1.29 is 5.11 Å². The average molecular weight is 430 g/mol. The number of halogens is 1. The lowest BCUT2D eigenvalue weighted by Crippen LogP contribution is -2.46. The molecule has 0 spiro atoms. The van der Waals surface area contributed by atoms with Crippen LogP contribution in [0.25, 0.3) is 10.3 Å². The van der Waals surface area contributed by atoms with Crippen LogP contribution in [0.3, 0.4) is 0 Å². The predicted molar refractivity (Wildman–Crippen MR) is 114 cm³/mol. The Kier molecular flexibility index (Phi) is 5.07. The molecule has 4 rings (SSSR count). The van der Waals surface area contributed by atoms with Gasteiger partial charge in [-0.3, -0.25) is 9.78 Å². The highest BCUT2D eigenvalue weighted by molar-refractivity contribution is 7.18. The first kappa shape index (κ1) is 19.8. The van der Waals surface area contributed by atoms with Crippen LogP contribution >= 0.6 is 22.9 Å². The van der Waals surface area contributed by atoms with Crippen LogP contribution in [0.1, 0.15) is 29.1 Å². The Morgan fingerprint density at radius 1 is 1.38 bits per heavy atom. The Morgan fingerprint density at radius 3 is 2.72 bits per heavy atom. The van der Waals surface area contributed by atoms with Gasteiger partial charge in [0.15, 0.2) is 0 Å². The Balaban J connectivity index is 1.64. The molecular weight excluding hydrogens is 410 g/mol. The highest BCUT2D eigenvalue weighted by Crippen LogP contribution is 2.35. The summed E-state index contributed by atoms with van der Waals surface area (Å²) in [4.78, 5) is 24.3. The molecule has 1 N–H and O–H groups in total. The summed E-state index contributed by atoms with van der Waals surface area (Å²) in [7, 11) is 1.67. The second-order valence-corrected chi connectivity index (χ2v) is 9.06. The van der Waals surface area contributed by atoms with Crippen molar-refractivity contribution in [3.63, 3.8) is 0 Å². The molecule has 1 saturated heterocycles. The van der Waals surface area contributed by atoms with Crippen LogP contribution in [-0.2, 0) is 13.5 Å². The minimum Gasteiger partial charge on any atom is -0.389 e. The van der Waals surface area contributed by atoms with E-state index in [1.165, 1.54) is 15.9 Å². The maximum atomic E-state index is 12.7. The second-order valence-electron chi connectivity index (χ2n) is 7.44. The van der Waals surface area contributed by atoms with Gasteiger partial charge in [0.2, 0.25) is 0 Å². The van der Waals surface area contributed by atoms with E-state index in [9.17, 15) is 15.2 Å². The highest BCUT2D eigenvalue weighted by atomic mass is 35.5. The summed E-state index contributed by atoms with van der Waals surface area (Å²) in [6.07, 6.45) is 3.02. The van der Waals surface area contributed by atoms with Gasteiger partial charge in [-0.2, -0.15) is 5.26 Å². The topological polar surface area (TPSA) is 95.0 Å². The summed E-state index contributed by atoms with van der Waals surface area (Å²) in [6.45, 7) is 2.94. The van der Waals surface area contributed by atoms with Gasteiger partial charge < -0.3 is 14.6 Å². The van der Waals surface area contributed by atoms with Gasteiger partial charge in [-0.05, 0) is 31.9 Å². The van der Waals surface area contributed by atoms with Gasteiger partial charge in [-0.1, -0.05) is 11.6 Å². The molecule has 0 unspecified atom stereocenters. The van der Waals surface area contributed by atoms with Gasteiger partial charge in [0.05, 0.1) is 21.3 Å². The lowest BCUT2D eigenvalue weighted by molar-refractivity contribution is 0.0157. The maximum Gasteiger partial charge on any atom is 0.271 e. The van der Waals surface area contributed by atoms with Crippen LogP contribution in [0.2, 0.25) is 5.02 Å². The van der Waals surface area contributed by atoms with E-state index in [0.717, 1.165) is 15.5 Å². The van der Waals surface area contributed by atoms with Gasteiger partial charge in [0, 0.05) is 38.4 Å². The Labute approximate surface area is 176 Å². The van der Waals surface area contributed by atoms with Crippen molar-refractivity contribution in [2.24, 2.45) is 7.05 Å². The summed E-state index contributed by atoms with van der Waals surface area (Å²) in [5.74, 6) is 0. The van der Waals surface area contributed by atoms with Crippen LogP contribution in [0.4, 0.5) is 5.69 Å². The third-order valence-corrected chi connectivity index (χ3v) is 6.69. The maximum absolute atomic E-state index is 12.7. The molecular formula is C20H20ClN5O2S. The third kappa shape index (κ3) is 3.62. The molecule has 1 aliphatic heterocycles. The quantitative estimate of drug-likeness (QED) is 0.687. The Bertz CT molecular complexity index is 1170. The van der Waals surface area contributed by atoms with E-state index in [2.05, 4.69) is 16.0 Å². The molecule has 29 heavy (non-hydrogen) atoms. The van der Waals surface area contributed by atoms with Crippen molar-refractivity contribution in [3.8, 4) is 6.07 Å². The van der Waals surface area contributed by atoms with Crippen molar-refractivity contribution in [3.05, 3.63) is 50.0 Å². The van der Waals surface area contributed by atoms with Crippen molar-refractivity contribution in [1.82, 2.24) is 14.5 Å².